The van der Waals surface area contributed by atoms with Crippen LogP contribution in [0.15, 0.2) is 84.9 Å². The summed E-state index contributed by atoms with van der Waals surface area (Å²) in [6, 6.07) is 27.8. The molecule has 0 heterocycles. The van der Waals surface area contributed by atoms with Crippen LogP contribution in [0.1, 0.15) is 28.4 Å². The summed E-state index contributed by atoms with van der Waals surface area (Å²) in [4.78, 5) is 14.8. The van der Waals surface area contributed by atoms with E-state index in [1.54, 1.807) is 0 Å². The Labute approximate surface area is 155 Å². The third-order valence-electron chi connectivity index (χ3n) is 4.41. The second-order valence-corrected chi connectivity index (χ2v) is 6.54. The largest absolute Gasteiger partial charge is 0.378 e. The van der Waals surface area contributed by atoms with E-state index in [0.717, 1.165) is 22.5 Å². The van der Waals surface area contributed by atoms with Crippen molar-refractivity contribution in [3.05, 3.63) is 96.1 Å². The Kier molecular flexibility index (Phi) is 5.69. The minimum Gasteiger partial charge on any atom is -0.378 e. The number of carbonyl (C=O) groups excluding carboxylic acids is 1. The molecule has 3 aromatic rings. The van der Waals surface area contributed by atoms with Crippen LogP contribution in [0.5, 0.6) is 0 Å². The minimum absolute atomic E-state index is 0.0749. The molecule has 0 saturated carbocycles. The number of ketones is 1. The fraction of sp³-hybridized carbons (Fsp3) is 0.174. The topological polar surface area (TPSA) is 32.3 Å². The summed E-state index contributed by atoms with van der Waals surface area (Å²) in [5.41, 5.74) is 4.00. The van der Waals surface area contributed by atoms with Gasteiger partial charge in [0.15, 0.2) is 5.78 Å². The summed E-state index contributed by atoms with van der Waals surface area (Å²) < 4.78 is 0. The number of Topliss-reactive ketones (excluding diaryl/α,β-unsaturated/α-hetero) is 1. The van der Waals surface area contributed by atoms with Crippen LogP contribution in [0.25, 0.3) is 0 Å². The van der Waals surface area contributed by atoms with Crippen LogP contribution in [0.4, 0.5) is 11.4 Å². The van der Waals surface area contributed by atoms with Gasteiger partial charge in [0.1, 0.15) is 0 Å². The second-order valence-electron chi connectivity index (χ2n) is 6.54. The van der Waals surface area contributed by atoms with Gasteiger partial charge in [-0.15, -0.1) is 0 Å². The van der Waals surface area contributed by atoms with Crippen molar-refractivity contribution in [3.8, 4) is 0 Å². The molecule has 0 aliphatic carbocycles. The molecular weight excluding hydrogens is 320 g/mol. The number of nitrogens with one attached hydrogen (secondary N) is 1. The van der Waals surface area contributed by atoms with Crippen LogP contribution in [-0.2, 0) is 0 Å². The van der Waals surface area contributed by atoms with Gasteiger partial charge >= 0.3 is 0 Å². The van der Waals surface area contributed by atoms with Gasteiger partial charge in [-0.1, -0.05) is 60.7 Å². The van der Waals surface area contributed by atoms with Crippen LogP contribution in [0, 0.1) is 0 Å². The van der Waals surface area contributed by atoms with Crippen molar-refractivity contribution in [2.24, 2.45) is 0 Å². The molecule has 0 aromatic heterocycles. The molecule has 0 radical (unpaired) electrons. The fourth-order valence-corrected chi connectivity index (χ4v) is 2.92. The maximum atomic E-state index is 12.7. The zero-order valence-corrected chi connectivity index (χ0v) is 15.2. The Morgan fingerprint density at radius 3 is 2.00 bits per heavy atom. The number of nitrogens with zero attached hydrogens (tertiary/aromatic N) is 1. The molecule has 1 unspecified atom stereocenters. The molecule has 26 heavy (non-hydrogen) atoms. The number of hydrogen-bond donors (Lipinski definition) is 1. The molecule has 0 bridgehead atoms. The quantitative estimate of drug-likeness (QED) is 0.600. The molecule has 0 aliphatic rings. The highest BCUT2D eigenvalue weighted by molar-refractivity contribution is 5.96. The van der Waals surface area contributed by atoms with E-state index in [-0.39, 0.29) is 11.8 Å². The number of hydrogen-bond acceptors (Lipinski definition) is 3. The van der Waals surface area contributed by atoms with Crippen LogP contribution in [-0.4, -0.2) is 19.9 Å². The zero-order valence-electron chi connectivity index (χ0n) is 15.2. The molecule has 0 aliphatic heterocycles. The normalized spacial score (nSPS) is 11.6. The van der Waals surface area contributed by atoms with E-state index in [1.165, 1.54) is 0 Å². The summed E-state index contributed by atoms with van der Waals surface area (Å²) in [5.74, 6) is 0.136. The zero-order chi connectivity index (χ0) is 18.4. The first-order valence-electron chi connectivity index (χ1n) is 8.80. The van der Waals surface area contributed by atoms with Crippen molar-refractivity contribution in [2.45, 2.75) is 12.5 Å². The van der Waals surface area contributed by atoms with E-state index in [4.69, 9.17) is 0 Å². The summed E-state index contributed by atoms with van der Waals surface area (Å²) in [6.45, 7) is 0. The monoisotopic (exact) mass is 344 g/mol. The number of anilines is 2. The van der Waals surface area contributed by atoms with E-state index in [2.05, 4.69) is 46.6 Å². The van der Waals surface area contributed by atoms with Gasteiger partial charge in [-0.3, -0.25) is 4.79 Å². The lowest BCUT2D eigenvalue weighted by atomic mass is 9.97. The number of carbonyl (C=O) groups is 1. The van der Waals surface area contributed by atoms with Gasteiger partial charge in [0.05, 0.1) is 6.04 Å². The average molecular weight is 344 g/mol. The number of benzene rings is 3. The third-order valence-corrected chi connectivity index (χ3v) is 4.41. The van der Waals surface area contributed by atoms with E-state index >= 15 is 0 Å². The number of rotatable bonds is 7. The third kappa shape index (κ3) is 4.51. The maximum absolute atomic E-state index is 12.7. The highest BCUT2D eigenvalue weighted by Crippen LogP contribution is 2.25. The summed E-state index contributed by atoms with van der Waals surface area (Å²) >= 11 is 0. The molecular formula is C23H24N2O. The lowest BCUT2D eigenvalue weighted by molar-refractivity contribution is 0.0976. The van der Waals surface area contributed by atoms with Crippen molar-refractivity contribution in [1.82, 2.24) is 0 Å². The highest BCUT2D eigenvalue weighted by atomic mass is 16.1. The Morgan fingerprint density at radius 1 is 0.846 bits per heavy atom. The van der Waals surface area contributed by atoms with Gasteiger partial charge in [-0.25, -0.2) is 0 Å². The molecule has 0 saturated heterocycles. The van der Waals surface area contributed by atoms with Gasteiger partial charge in [-0.05, 0) is 29.8 Å². The summed E-state index contributed by atoms with van der Waals surface area (Å²) in [7, 11) is 4.04. The van der Waals surface area contributed by atoms with E-state index in [1.807, 2.05) is 62.6 Å². The van der Waals surface area contributed by atoms with Crippen molar-refractivity contribution >= 4 is 17.2 Å². The first kappa shape index (κ1) is 17.7. The Hall–Kier alpha value is -3.07. The molecule has 3 aromatic carbocycles. The molecule has 3 rings (SSSR count). The second kappa shape index (κ2) is 8.34. The molecule has 0 amide bonds. The van der Waals surface area contributed by atoms with E-state index in [0.29, 0.717) is 6.42 Å². The lowest BCUT2D eigenvalue weighted by Gasteiger charge is -2.21. The van der Waals surface area contributed by atoms with Crippen molar-refractivity contribution in [3.63, 3.8) is 0 Å². The van der Waals surface area contributed by atoms with Crippen molar-refractivity contribution in [1.29, 1.82) is 0 Å². The maximum Gasteiger partial charge on any atom is 0.165 e. The molecule has 0 spiro atoms. The van der Waals surface area contributed by atoms with Crippen LogP contribution in [0.3, 0.4) is 0 Å². The highest BCUT2D eigenvalue weighted by Gasteiger charge is 2.17. The predicted octanol–water partition coefficient (Wildman–Crippen LogP) is 5.18. The first-order chi connectivity index (χ1) is 12.6. The predicted molar refractivity (Wildman–Crippen MR) is 109 cm³/mol. The van der Waals surface area contributed by atoms with Crippen LogP contribution in [0.2, 0.25) is 0 Å². The van der Waals surface area contributed by atoms with Crippen molar-refractivity contribution in [2.75, 3.05) is 24.3 Å². The van der Waals surface area contributed by atoms with Gasteiger partial charge in [0.25, 0.3) is 0 Å². The van der Waals surface area contributed by atoms with Gasteiger partial charge in [-0.2, -0.15) is 0 Å². The summed E-state index contributed by atoms with van der Waals surface area (Å²) in [5, 5.41) is 3.52. The average Bonchev–Trinajstić information content (AvgIpc) is 2.69. The molecule has 1 N–H and O–H groups in total. The molecule has 3 nitrogen and oxygen atoms in total. The first-order valence-corrected chi connectivity index (χ1v) is 8.80. The Balaban J connectivity index is 1.81. The molecule has 0 fully saturated rings. The SMILES string of the molecule is CN(C)c1ccc(NC(CC(=O)c2ccccc2)c2ccccc2)cc1. The minimum atomic E-state index is -0.0749. The van der Waals surface area contributed by atoms with E-state index in [9.17, 15) is 4.79 Å². The Morgan fingerprint density at radius 2 is 1.42 bits per heavy atom. The van der Waals surface area contributed by atoms with Gasteiger partial charge in [0.2, 0.25) is 0 Å². The van der Waals surface area contributed by atoms with Crippen LogP contribution < -0.4 is 10.2 Å². The molecule has 3 heteroatoms. The molecule has 132 valence electrons. The lowest BCUT2D eigenvalue weighted by Crippen LogP contribution is -2.16. The van der Waals surface area contributed by atoms with E-state index < -0.39 is 0 Å². The standard InChI is InChI=1S/C23H24N2O/c1-25(2)21-15-13-20(14-16-21)24-22(18-9-5-3-6-10-18)17-23(26)19-11-7-4-8-12-19/h3-16,22,24H,17H2,1-2H3. The smallest absolute Gasteiger partial charge is 0.165 e. The van der Waals surface area contributed by atoms with Gasteiger partial charge < -0.3 is 10.2 Å². The molecule has 1 atom stereocenters. The van der Waals surface area contributed by atoms with Crippen molar-refractivity contribution < 1.29 is 4.79 Å². The van der Waals surface area contributed by atoms with Gasteiger partial charge in [0, 0.05) is 37.5 Å². The summed E-state index contributed by atoms with van der Waals surface area (Å²) in [6.07, 6.45) is 0.406. The van der Waals surface area contributed by atoms with Crippen LogP contribution >= 0.6 is 0 Å². The fourth-order valence-electron chi connectivity index (χ4n) is 2.92. The Bertz CT molecular complexity index is 827.